The van der Waals surface area contributed by atoms with E-state index in [0.29, 0.717) is 23.7 Å². The van der Waals surface area contributed by atoms with Gasteiger partial charge in [0.05, 0.1) is 0 Å². The Morgan fingerprint density at radius 2 is 1.79 bits per heavy atom. The van der Waals surface area contributed by atoms with Crippen molar-refractivity contribution in [2.45, 2.75) is 25.7 Å². The molecule has 0 spiro atoms. The van der Waals surface area contributed by atoms with Gasteiger partial charge < -0.3 is 10.6 Å². The molecular formula is C15H20N2O2. The lowest BCUT2D eigenvalue weighted by molar-refractivity contribution is -0.125. The van der Waals surface area contributed by atoms with Crippen LogP contribution in [0.4, 0.5) is 5.69 Å². The summed E-state index contributed by atoms with van der Waals surface area (Å²) in [5.74, 6) is -0.342. The van der Waals surface area contributed by atoms with Gasteiger partial charge in [-0.05, 0) is 43.0 Å². The van der Waals surface area contributed by atoms with Crippen molar-refractivity contribution in [1.82, 2.24) is 4.90 Å². The zero-order valence-corrected chi connectivity index (χ0v) is 11.3. The van der Waals surface area contributed by atoms with Crippen molar-refractivity contribution < 1.29 is 9.59 Å². The van der Waals surface area contributed by atoms with Gasteiger partial charge in [-0.1, -0.05) is 12.8 Å². The molecule has 0 atom stereocenters. The van der Waals surface area contributed by atoms with Crippen LogP contribution in [0.25, 0.3) is 0 Å². The number of carbonyl (C=O) groups is 2. The SMILES string of the molecule is CN(CC1CCCC1)C(=O)C(=O)c1ccc(N)cc1. The van der Waals surface area contributed by atoms with Gasteiger partial charge in [-0.2, -0.15) is 0 Å². The Hall–Kier alpha value is -1.84. The van der Waals surface area contributed by atoms with Crippen LogP contribution in [0, 0.1) is 5.92 Å². The standard InChI is InChI=1S/C15H20N2O2/c1-17(10-11-4-2-3-5-11)15(19)14(18)12-6-8-13(16)9-7-12/h6-9,11H,2-5,10,16H2,1H3. The van der Waals surface area contributed by atoms with E-state index in [4.69, 9.17) is 5.73 Å². The first-order chi connectivity index (χ1) is 9.08. The molecule has 0 saturated heterocycles. The fourth-order valence-electron chi connectivity index (χ4n) is 2.59. The highest BCUT2D eigenvalue weighted by Gasteiger charge is 2.24. The minimum atomic E-state index is -0.458. The van der Waals surface area contributed by atoms with Crippen LogP contribution in [0.1, 0.15) is 36.0 Å². The summed E-state index contributed by atoms with van der Waals surface area (Å²) in [6, 6.07) is 6.47. The topological polar surface area (TPSA) is 63.4 Å². The highest BCUT2D eigenvalue weighted by atomic mass is 16.2. The summed E-state index contributed by atoms with van der Waals surface area (Å²) in [4.78, 5) is 25.7. The lowest BCUT2D eigenvalue weighted by Crippen LogP contribution is -2.36. The van der Waals surface area contributed by atoms with Crippen molar-refractivity contribution in [1.29, 1.82) is 0 Å². The van der Waals surface area contributed by atoms with Crippen molar-refractivity contribution in [3.05, 3.63) is 29.8 Å². The average Bonchev–Trinajstić information content (AvgIpc) is 2.90. The average molecular weight is 260 g/mol. The van der Waals surface area contributed by atoms with Crippen LogP contribution in [0.2, 0.25) is 0 Å². The van der Waals surface area contributed by atoms with E-state index in [2.05, 4.69) is 0 Å². The van der Waals surface area contributed by atoms with Gasteiger partial charge in [0.2, 0.25) is 5.78 Å². The quantitative estimate of drug-likeness (QED) is 0.512. The number of hydrogen-bond acceptors (Lipinski definition) is 3. The highest BCUT2D eigenvalue weighted by Crippen LogP contribution is 2.25. The molecule has 19 heavy (non-hydrogen) atoms. The minimum absolute atomic E-state index is 0.400. The maximum absolute atomic E-state index is 12.1. The number of benzene rings is 1. The van der Waals surface area contributed by atoms with Crippen LogP contribution >= 0.6 is 0 Å². The Morgan fingerprint density at radius 3 is 2.37 bits per heavy atom. The van der Waals surface area contributed by atoms with Crippen LogP contribution in [-0.4, -0.2) is 30.2 Å². The Morgan fingerprint density at radius 1 is 1.21 bits per heavy atom. The first kappa shape index (κ1) is 13.6. The van der Waals surface area contributed by atoms with Crippen LogP contribution in [0.5, 0.6) is 0 Å². The Bertz CT molecular complexity index is 462. The Labute approximate surface area is 113 Å². The summed E-state index contributed by atoms with van der Waals surface area (Å²) in [6.07, 6.45) is 4.79. The maximum atomic E-state index is 12.1. The van der Waals surface area contributed by atoms with Crippen LogP contribution in [0.3, 0.4) is 0 Å². The van der Waals surface area contributed by atoms with Crippen molar-refractivity contribution in [2.24, 2.45) is 5.92 Å². The Kier molecular flexibility index (Phi) is 4.20. The second-order valence-corrected chi connectivity index (χ2v) is 5.29. The number of ketones is 1. The summed E-state index contributed by atoms with van der Waals surface area (Å²) >= 11 is 0. The summed E-state index contributed by atoms with van der Waals surface area (Å²) in [7, 11) is 1.70. The predicted octanol–water partition coefficient (Wildman–Crippen LogP) is 2.10. The molecule has 0 aromatic heterocycles. The van der Waals surface area contributed by atoms with E-state index < -0.39 is 11.7 Å². The van der Waals surface area contributed by atoms with Gasteiger partial charge in [0.1, 0.15) is 0 Å². The summed E-state index contributed by atoms with van der Waals surface area (Å²) in [5.41, 5.74) is 6.55. The van der Waals surface area contributed by atoms with Crippen molar-refractivity contribution in [2.75, 3.05) is 19.3 Å². The molecule has 1 amide bonds. The summed E-state index contributed by atoms with van der Waals surface area (Å²) in [6.45, 7) is 0.680. The molecule has 0 heterocycles. The molecule has 1 aliphatic carbocycles. The molecule has 0 radical (unpaired) electrons. The maximum Gasteiger partial charge on any atom is 0.294 e. The van der Waals surface area contributed by atoms with Crippen LogP contribution in [-0.2, 0) is 4.79 Å². The molecule has 0 unspecified atom stereocenters. The first-order valence-electron chi connectivity index (χ1n) is 6.73. The van der Waals surface area contributed by atoms with E-state index in [0.717, 1.165) is 12.8 Å². The van der Waals surface area contributed by atoms with Gasteiger partial charge in [0.25, 0.3) is 5.91 Å². The Balaban J connectivity index is 1.97. The van der Waals surface area contributed by atoms with Gasteiger partial charge in [-0.3, -0.25) is 9.59 Å². The molecule has 1 aliphatic rings. The summed E-state index contributed by atoms with van der Waals surface area (Å²) in [5, 5.41) is 0. The van der Waals surface area contributed by atoms with Crippen molar-refractivity contribution in [3.8, 4) is 0 Å². The molecule has 1 aromatic carbocycles. The molecule has 4 heteroatoms. The van der Waals surface area contributed by atoms with Gasteiger partial charge in [-0.15, -0.1) is 0 Å². The fraction of sp³-hybridized carbons (Fsp3) is 0.467. The van der Waals surface area contributed by atoms with E-state index in [1.807, 2.05) is 0 Å². The lowest BCUT2D eigenvalue weighted by atomic mass is 10.1. The minimum Gasteiger partial charge on any atom is -0.399 e. The number of nitrogens with zero attached hydrogens (tertiary/aromatic N) is 1. The predicted molar refractivity (Wildman–Crippen MR) is 74.8 cm³/mol. The normalized spacial score (nSPS) is 15.4. The molecule has 1 saturated carbocycles. The van der Waals surface area contributed by atoms with Crippen molar-refractivity contribution in [3.63, 3.8) is 0 Å². The molecule has 0 bridgehead atoms. The second-order valence-electron chi connectivity index (χ2n) is 5.29. The van der Waals surface area contributed by atoms with Crippen molar-refractivity contribution >= 4 is 17.4 Å². The number of anilines is 1. The molecule has 2 N–H and O–H groups in total. The number of carbonyl (C=O) groups excluding carboxylic acids is 2. The molecule has 4 nitrogen and oxygen atoms in total. The number of nitrogens with two attached hydrogens (primary N) is 1. The van der Waals surface area contributed by atoms with Gasteiger partial charge in [0.15, 0.2) is 0 Å². The third kappa shape index (κ3) is 3.34. The number of Topliss-reactive ketones (excluding diaryl/α,β-unsaturated/α-hetero) is 1. The molecule has 1 fully saturated rings. The zero-order valence-electron chi connectivity index (χ0n) is 11.3. The number of rotatable bonds is 4. The molecule has 2 rings (SSSR count). The number of amides is 1. The largest absolute Gasteiger partial charge is 0.399 e. The van der Waals surface area contributed by atoms with E-state index in [1.165, 1.54) is 12.8 Å². The lowest BCUT2D eigenvalue weighted by Gasteiger charge is -2.20. The number of hydrogen-bond donors (Lipinski definition) is 1. The van der Waals surface area contributed by atoms with Gasteiger partial charge >= 0.3 is 0 Å². The number of nitrogen functional groups attached to an aromatic ring is 1. The van der Waals surface area contributed by atoms with Gasteiger partial charge in [-0.25, -0.2) is 0 Å². The van der Waals surface area contributed by atoms with Crippen LogP contribution in [0.15, 0.2) is 24.3 Å². The van der Waals surface area contributed by atoms with E-state index >= 15 is 0 Å². The third-order valence-electron chi connectivity index (χ3n) is 3.72. The number of likely N-dealkylation sites (N-methyl/N-ethyl adjacent to an activating group) is 1. The second kappa shape index (κ2) is 5.87. The first-order valence-corrected chi connectivity index (χ1v) is 6.73. The van der Waals surface area contributed by atoms with Crippen LogP contribution < -0.4 is 5.73 Å². The third-order valence-corrected chi connectivity index (χ3v) is 3.72. The smallest absolute Gasteiger partial charge is 0.294 e. The van der Waals surface area contributed by atoms with Gasteiger partial charge in [0, 0.05) is 24.8 Å². The van der Waals surface area contributed by atoms with E-state index in [1.54, 1.807) is 36.2 Å². The van der Waals surface area contributed by atoms with E-state index in [-0.39, 0.29) is 0 Å². The molecule has 0 aliphatic heterocycles. The summed E-state index contributed by atoms with van der Waals surface area (Å²) < 4.78 is 0. The molecule has 102 valence electrons. The molecule has 1 aromatic rings. The molecular weight excluding hydrogens is 240 g/mol. The fourth-order valence-corrected chi connectivity index (χ4v) is 2.59. The monoisotopic (exact) mass is 260 g/mol. The van der Waals surface area contributed by atoms with E-state index in [9.17, 15) is 9.59 Å². The highest BCUT2D eigenvalue weighted by molar-refractivity contribution is 6.42. The zero-order chi connectivity index (χ0) is 13.8.